The summed E-state index contributed by atoms with van der Waals surface area (Å²) >= 11 is 0. The lowest BCUT2D eigenvalue weighted by Gasteiger charge is -2.24. The van der Waals surface area contributed by atoms with E-state index in [-0.39, 0.29) is 37.9 Å². The molecule has 0 aliphatic heterocycles. The monoisotopic (exact) mass is 909 g/mol. The molecule has 0 bridgehead atoms. The highest BCUT2D eigenvalue weighted by Gasteiger charge is 2.39. The van der Waals surface area contributed by atoms with Crippen LogP contribution in [-0.4, -0.2) is 109 Å². The maximum absolute atomic E-state index is 12.8. The first kappa shape index (κ1) is 58.3. The smallest absolute Gasteiger partial charge is 0.462 e. The molecule has 7 atom stereocenters. The predicted octanol–water partition coefficient (Wildman–Crippen LogP) is 10.2. The van der Waals surface area contributed by atoms with Crippen LogP contribution < -0.4 is 0 Å². The second kappa shape index (κ2) is 36.5. The summed E-state index contributed by atoms with van der Waals surface area (Å²) in [7, 11) is 1.32. The molecule has 0 aromatic carbocycles. The lowest BCUT2D eigenvalue weighted by molar-refractivity contribution is -0.870. The third-order valence-electron chi connectivity index (χ3n) is 10.8. The minimum absolute atomic E-state index is 0.0134. The van der Waals surface area contributed by atoms with E-state index >= 15 is 0 Å². The molecule has 1 saturated carbocycles. The fourth-order valence-electron chi connectivity index (χ4n) is 7.08. The van der Waals surface area contributed by atoms with Gasteiger partial charge in [-0.1, -0.05) is 132 Å². The molecule has 0 aromatic rings. The summed E-state index contributed by atoms with van der Waals surface area (Å²) in [5, 5.41) is 31.4. The van der Waals surface area contributed by atoms with E-state index in [0.29, 0.717) is 36.7 Å². The summed E-state index contributed by atoms with van der Waals surface area (Å²) in [4.78, 5) is 35.7. The van der Waals surface area contributed by atoms with Crippen LogP contribution in [0.15, 0.2) is 72.9 Å². The van der Waals surface area contributed by atoms with Crippen molar-refractivity contribution in [3.05, 3.63) is 72.9 Å². The number of esters is 2. The molecule has 0 spiro atoms. The number of aliphatic hydroxyl groups is 3. The second-order valence-electron chi connectivity index (χ2n) is 17.7. The zero-order chi connectivity index (χ0) is 46.6. The highest BCUT2D eigenvalue weighted by molar-refractivity contribution is 7.47. The molecule has 0 heterocycles. The van der Waals surface area contributed by atoms with Gasteiger partial charge in [-0.2, -0.15) is 0 Å². The summed E-state index contributed by atoms with van der Waals surface area (Å²) in [6.07, 6.45) is 38.7. The largest absolute Gasteiger partial charge is 0.472 e. The number of ether oxygens (including phenoxy) is 2. The third-order valence-corrected chi connectivity index (χ3v) is 11.8. The summed E-state index contributed by atoms with van der Waals surface area (Å²) in [6.45, 7) is 3.92. The molecule has 0 aromatic heterocycles. The zero-order valence-corrected chi connectivity index (χ0v) is 40.5. The van der Waals surface area contributed by atoms with Gasteiger partial charge in [0.2, 0.25) is 0 Å². The van der Waals surface area contributed by atoms with Crippen LogP contribution in [0.25, 0.3) is 0 Å². The Morgan fingerprint density at radius 1 is 0.714 bits per heavy atom. The normalized spacial score (nSPS) is 20.6. The Kier molecular flexibility index (Phi) is 33.8. The van der Waals surface area contributed by atoms with Crippen molar-refractivity contribution < 1.29 is 57.4 Å². The van der Waals surface area contributed by atoms with Crippen LogP contribution in [0.4, 0.5) is 0 Å². The van der Waals surface area contributed by atoms with E-state index in [9.17, 15) is 34.4 Å². The van der Waals surface area contributed by atoms with Crippen LogP contribution in [0.5, 0.6) is 0 Å². The van der Waals surface area contributed by atoms with Gasteiger partial charge in [-0.3, -0.25) is 18.6 Å². The SMILES string of the molecule is CC/C=C\C/C=C\C/C=C\C/C=C\C/C=C\CCCCCC(=O)O[C@H](COC(=O)CCCCCC[C@@H]1[C@@H](/C=C/[C@@H](O)CCCCC)[C@H](O)C[C@@H]1O)COP(=O)(O)OCC[N+](C)(C)C. The van der Waals surface area contributed by atoms with Gasteiger partial charge in [-0.05, 0) is 76.5 Å². The van der Waals surface area contributed by atoms with E-state index in [4.69, 9.17) is 18.5 Å². The predicted molar refractivity (Wildman–Crippen MR) is 254 cm³/mol. The van der Waals surface area contributed by atoms with Gasteiger partial charge < -0.3 is 34.2 Å². The highest BCUT2D eigenvalue weighted by atomic mass is 31.2. The molecule has 0 radical (unpaired) electrons. The summed E-state index contributed by atoms with van der Waals surface area (Å²) < 4.78 is 34.3. The molecular formula is C50H87NO11P+. The highest BCUT2D eigenvalue weighted by Crippen LogP contribution is 2.43. The van der Waals surface area contributed by atoms with Gasteiger partial charge in [0.1, 0.15) is 19.8 Å². The van der Waals surface area contributed by atoms with Crippen molar-refractivity contribution in [2.45, 2.75) is 173 Å². The number of rotatable bonds is 38. The number of carbonyl (C=O) groups excluding carboxylic acids is 2. The molecule has 0 saturated heterocycles. The van der Waals surface area contributed by atoms with Crippen molar-refractivity contribution in [3.63, 3.8) is 0 Å². The molecular weight excluding hydrogens is 822 g/mol. The van der Waals surface area contributed by atoms with Gasteiger partial charge in [-0.15, -0.1) is 0 Å². The molecule has 12 nitrogen and oxygen atoms in total. The van der Waals surface area contributed by atoms with E-state index in [1.807, 2.05) is 27.2 Å². The molecule has 1 unspecified atom stereocenters. The van der Waals surface area contributed by atoms with E-state index in [1.54, 1.807) is 6.08 Å². The molecule has 13 heteroatoms. The third kappa shape index (κ3) is 33.5. The number of allylic oxidation sites excluding steroid dienone is 10. The van der Waals surface area contributed by atoms with Crippen LogP contribution in [0, 0.1) is 11.8 Å². The average molecular weight is 909 g/mol. The molecule has 1 aliphatic rings. The van der Waals surface area contributed by atoms with E-state index in [1.165, 1.54) is 0 Å². The number of quaternary nitrogens is 1. The Morgan fingerprint density at radius 3 is 1.92 bits per heavy atom. The molecule has 4 N–H and O–H groups in total. The van der Waals surface area contributed by atoms with Crippen molar-refractivity contribution in [1.82, 2.24) is 0 Å². The topological polar surface area (TPSA) is 169 Å². The Hall–Kier alpha value is -2.67. The van der Waals surface area contributed by atoms with Crippen LogP contribution in [0.1, 0.15) is 149 Å². The maximum Gasteiger partial charge on any atom is 0.472 e. The summed E-state index contributed by atoms with van der Waals surface area (Å²) in [5.41, 5.74) is 0. The maximum atomic E-state index is 12.8. The summed E-state index contributed by atoms with van der Waals surface area (Å²) in [5.74, 6) is -1.27. The van der Waals surface area contributed by atoms with E-state index in [0.717, 1.165) is 96.3 Å². The number of phosphoric acid groups is 1. The Balaban J connectivity index is 2.46. The first-order chi connectivity index (χ1) is 30.2. The van der Waals surface area contributed by atoms with Gasteiger partial charge >= 0.3 is 19.8 Å². The summed E-state index contributed by atoms with van der Waals surface area (Å²) in [6, 6.07) is 0. The Morgan fingerprint density at radius 2 is 1.30 bits per heavy atom. The van der Waals surface area contributed by atoms with E-state index in [2.05, 4.69) is 74.6 Å². The van der Waals surface area contributed by atoms with Crippen molar-refractivity contribution in [2.24, 2.45) is 11.8 Å². The number of unbranched alkanes of at least 4 members (excludes halogenated alkanes) is 8. The van der Waals surface area contributed by atoms with Gasteiger partial charge in [0, 0.05) is 25.2 Å². The van der Waals surface area contributed by atoms with E-state index < -0.39 is 50.8 Å². The number of phosphoric ester groups is 1. The quantitative estimate of drug-likeness (QED) is 0.0153. The Bertz CT molecular complexity index is 1420. The number of hydrogen-bond donors (Lipinski definition) is 4. The van der Waals surface area contributed by atoms with Gasteiger partial charge in [0.05, 0.1) is 46.1 Å². The number of aliphatic hydroxyl groups excluding tert-OH is 3. The molecule has 1 aliphatic carbocycles. The minimum Gasteiger partial charge on any atom is -0.462 e. The fourth-order valence-corrected chi connectivity index (χ4v) is 7.82. The molecule has 362 valence electrons. The molecule has 0 amide bonds. The molecule has 1 fully saturated rings. The second-order valence-corrected chi connectivity index (χ2v) is 19.2. The Labute approximate surface area is 381 Å². The first-order valence-electron chi connectivity index (χ1n) is 23.9. The lowest BCUT2D eigenvalue weighted by Crippen LogP contribution is -2.37. The number of likely N-dealkylation sites (N-methyl/N-ethyl adjacent to an activating group) is 1. The number of carbonyl (C=O) groups is 2. The average Bonchev–Trinajstić information content (AvgIpc) is 3.50. The van der Waals surface area contributed by atoms with Gasteiger partial charge in [-0.25, -0.2) is 4.57 Å². The van der Waals surface area contributed by atoms with Crippen molar-refractivity contribution in [3.8, 4) is 0 Å². The standard InChI is InChI=1S/C50H86NO11P/c1-6-8-10-11-12-13-14-15-16-17-18-19-20-21-22-23-24-25-31-35-50(56)62-44(42-61-63(57,58)60-39-38-51(3,4)5)41-59-49(55)34-30-27-26-29-33-45-46(48(54)40-47(45)53)37-36-43(52)32-28-9-7-2/h8,10,12-13,15-16,18-19,21-22,36-37,43-48,52-54H,6-7,9,11,14,17,20,23-35,38-42H2,1-5H3/p+1/b10-8-,13-12-,16-15-,19-18-,22-21-,37-36+/t43-,44+,45+,46+,47-,48+/m0/s1. The lowest BCUT2D eigenvalue weighted by atomic mass is 9.88. The van der Waals surface area contributed by atoms with Crippen LogP contribution in [0.2, 0.25) is 0 Å². The first-order valence-corrected chi connectivity index (χ1v) is 25.4. The molecule has 1 rings (SSSR count). The van der Waals surface area contributed by atoms with Gasteiger partial charge in [0.25, 0.3) is 0 Å². The number of nitrogens with zero attached hydrogens (tertiary/aromatic N) is 1. The fraction of sp³-hybridized carbons (Fsp3) is 0.720. The van der Waals surface area contributed by atoms with Crippen molar-refractivity contribution >= 4 is 19.8 Å². The molecule has 63 heavy (non-hydrogen) atoms. The van der Waals surface area contributed by atoms with Crippen molar-refractivity contribution in [2.75, 3.05) is 47.5 Å². The zero-order valence-electron chi connectivity index (χ0n) is 39.6. The number of hydrogen-bond acceptors (Lipinski definition) is 10. The van der Waals surface area contributed by atoms with Crippen LogP contribution in [0.3, 0.4) is 0 Å². The van der Waals surface area contributed by atoms with Gasteiger partial charge in [0.15, 0.2) is 6.10 Å². The van der Waals surface area contributed by atoms with Crippen LogP contribution in [-0.2, 0) is 32.7 Å². The van der Waals surface area contributed by atoms with Crippen molar-refractivity contribution in [1.29, 1.82) is 0 Å². The van der Waals surface area contributed by atoms with Crippen LogP contribution >= 0.6 is 7.82 Å². The minimum atomic E-state index is -4.45.